The molecule has 0 spiro atoms. The molecular formula is C27H25BrN6O2. The summed E-state index contributed by atoms with van der Waals surface area (Å²) in [4.78, 5) is 26.7. The SMILES string of the molecule is Cc1n[nH]c(C)c1-c1ccc(NC(=O)[C@@H](NC(=O)c2ccnn2C)[C@@H]2C=Cc3ccc(Br)cc32)cc1. The first-order chi connectivity index (χ1) is 17.3. The van der Waals surface area contributed by atoms with E-state index in [-0.39, 0.29) is 17.7 Å². The summed E-state index contributed by atoms with van der Waals surface area (Å²) >= 11 is 3.52. The fourth-order valence-corrected chi connectivity index (χ4v) is 5.01. The number of nitrogens with zero attached hydrogens (tertiary/aromatic N) is 3. The Morgan fingerprint density at radius 1 is 1.11 bits per heavy atom. The summed E-state index contributed by atoms with van der Waals surface area (Å²) < 4.78 is 2.39. The zero-order valence-electron chi connectivity index (χ0n) is 20.0. The lowest BCUT2D eigenvalue weighted by molar-refractivity contribution is -0.118. The molecule has 2 amide bonds. The molecule has 2 aromatic carbocycles. The maximum atomic E-state index is 13.6. The van der Waals surface area contributed by atoms with Crippen LogP contribution in [-0.2, 0) is 11.8 Å². The van der Waals surface area contributed by atoms with Crippen molar-refractivity contribution in [3.05, 3.63) is 93.5 Å². The molecule has 4 aromatic rings. The van der Waals surface area contributed by atoms with E-state index in [1.165, 1.54) is 4.68 Å². The molecule has 0 aliphatic heterocycles. The number of carbonyl (C=O) groups is 2. The molecule has 2 aromatic heterocycles. The third-order valence-corrected chi connectivity index (χ3v) is 6.94. The van der Waals surface area contributed by atoms with Gasteiger partial charge in [-0.25, -0.2) is 0 Å². The Morgan fingerprint density at radius 3 is 2.56 bits per heavy atom. The summed E-state index contributed by atoms with van der Waals surface area (Å²) in [5.74, 6) is -1.00. The van der Waals surface area contributed by atoms with Gasteiger partial charge in [0.15, 0.2) is 0 Å². The zero-order valence-corrected chi connectivity index (χ0v) is 21.6. The van der Waals surface area contributed by atoms with E-state index in [0.717, 1.165) is 38.1 Å². The number of aryl methyl sites for hydroxylation is 3. The lowest BCUT2D eigenvalue weighted by Crippen LogP contribution is -2.47. The van der Waals surface area contributed by atoms with E-state index in [9.17, 15) is 9.59 Å². The van der Waals surface area contributed by atoms with Crippen molar-refractivity contribution < 1.29 is 9.59 Å². The number of nitrogens with one attached hydrogen (secondary N) is 3. The summed E-state index contributed by atoms with van der Waals surface area (Å²) in [6.07, 6.45) is 5.49. The second-order valence-corrected chi connectivity index (χ2v) is 9.74. The summed E-state index contributed by atoms with van der Waals surface area (Å²) in [6, 6.07) is 14.3. The van der Waals surface area contributed by atoms with Gasteiger partial charge in [0.2, 0.25) is 5.91 Å². The van der Waals surface area contributed by atoms with Crippen molar-refractivity contribution in [1.82, 2.24) is 25.3 Å². The number of aromatic amines is 1. The third kappa shape index (κ3) is 4.49. The molecule has 0 radical (unpaired) electrons. The van der Waals surface area contributed by atoms with Crippen molar-refractivity contribution >= 4 is 39.5 Å². The maximum Gasteiger partial charge on any atom is 0.270 e. The molecule has 0 unspecified atom stereocenters. The van der Waals surface area contributed by atoms with Crippen molar-refractivity contribution in [3.8, 4) is 11.1 Å². The maximum absolute atomic E-state index is 13.6. The molecule has 2 heterocycles. The number of aromatic nitrogens is 4. The number of benzene rings is 2. The van der Waals surface area contributed by atoms with Gasteiger partial charge in [0.25, 0.3) is 5.91 Å². The molecule has 0 saturated carbocycles. The van der Waals surface area contributed by atoms with Crippen LogP contribution in [0, 0.1) is 13.8 Å². The lowest BCUT2D eigenvalue weighted by atomic mass is 9.92. The highest BCUT2D eigenvalue weighted by molar-refractivity contribution is 9.10. The van der Waals surface area contributed by atoms with E-state index in [4.69, 9.17) is 0 Å². The molecule has 8 nitrogen and oxygen atoms in total. The molecule has 3 N–H and O–H groups in total. The van der Waals surface area contributed by atoms with Gasteiger partial charge in [0.1, 0.15) is 11.7 Å². The normalized spacial score (nSPS) is 14.9. The predicted molar refractivity (Wildman–Crippen MR) is 143 cm³/mol. The second kappa shape index (κ2) is 9.58. The molecule has 0 saturated heterocycles. The number of anilines is 1. The van der Waals surface area contributed by atoms with Crippen LogP contribution in [0.1, 0.15) is 38.9 Å². The number of hydrogen-bond acceptors (Lipinski definition) is 4. The van der Waals surface area contributed by atoms with Crippen molar-refractivity contribution in [1.29, 1.82) is 0 Å². The Kier molecular flexibility index (Phi) is 6.32. The number of halogens is 1. The highest BCUT2D eigenvalue weighted by Gasteiger charge is 2.34. The minimum absolute atomic E-state index is 0.309. The van der Waals surface area contributed by atoms with Crippen LogP contribution in [0.4, 0.5) is 5.69 Å². The van der Waals surface area contributed by atoms with Crippen LogP contribution in [0.3, 0.4) is 0 Å². The highest BCUT2D eigenvalue weighted by atomic mass is 79.9. The van der Waals surface area contributed by atoms with Crippen molar-refractivity contribution in [3.63, 3.8) is 0 Å². The smallest absolute Gasteiger partial charge is 0.270 e. The zero-order chi connectivity index (χ0) is 25.4. The fraction of sp³-hybridized carbons (Fsp3) is 0.185. The van der Waals surface area contributed by atoms with Gasteiger partial charge in [-0.1, -0.05) is 46.3 Å². The minimum atomic E-state index is -0.836. The number of hydrogen-bond donors (Lipinski definition) is 3. The monoisotopic (exact) mass is 544 g/mol. The summed E-state index contributed by atoms with van der Waals surface area (Å²) in [7, 11) is 1.69. The number of amides is 2. The minimum Gasteiger partial charge on any atom is -0.338 e. The summed E-state index contributed by atoms with van der Waals surface area (Å²) in [5.41, 5.74) is 6.96. The number of H-pyrrole nitrogens is 1. The van der Waals surface area contributed by atoms with Gasteiger partial charge in [-0.15, -0.1) is 0 Å². The van der Waals surface area contributed by atoms with E-state index in [1.807, 2.05) is 68.5 Å². The van der Waals surface area contributed by atoms with Gasteiger partial charge in [-0.2, -0.15) is 10.2 Å². The molecule has 182 valence electrons. The predicted octanol–water partition coefficient (Wildman–Crippen LogP) is 4.74. The van der Waals surface area contributed by atoms with E-state index >= 15 is 0 Å². The van der Waals surface area contributed by atoms with Crippen LogP contribution in [0.2, 0.25) is 0 Å². The Bertz CT molecular complexity index is 1460. The van der Waals surface area contributed by atoms with Crippen molar-refractivity contribution in [2.45, 2.75) is 25.8 Å². The Labute approximate surface area is 216 Å². The average Bonchev–Trinajstić information content (AvgIpc) is 3.56. The van der Waals surface area contributed by atoms with Gasteiger partial charge in [-0.3, -0.25) is 19.4 Å². The van der Waals surface area contributed by atoms with Crippen LogP contribution in [-0.4, -0.2) is 37.8 Å². The Morgan fingerprint density at radius 2 is 1.89 bits per heavy atom. The van der Waals surface area contributed by atoms with E-state index in [0.29, 0.717) is 11.4 Å². The van der Waals surface area contributed by atoms with Crippen LogP contribution in [0.5, 0.6) is 0 Å². The molecule has 36 heavy (non-hydrogen) atoms. The summed E-state index contributed by atoms with van der Waals surface area (Å²) in [6.45, 7) is 3.93. The molecular weight excluding hydrogens is 520 g/mol. The van der Waals surface area contributed by atoms with E-state index in [1.54, 1.807) is 19.3 Å². The van der Waals surface area contributed by atoms with Gasteiger partial charge >= 0.3 is 0 Å². The first-order valence-corrected chi connectivity index (χ1v) is 12.3. The molecule has 0 bridgehead atoms. The van der Waals surface area contributed by atoms with Crippen molar-refractivity contribution in [2.75, 3.05) is 5.32 Å². The first kappa shape index (κ1) is 23.7. The Balaban J connectivity index is 1.42. The average molecular weight is 545 g/mol. The molecule has 9 heteroatoms. The second-order valence-electron chi connectivity index (χ2n) is 8.82. The fourth-order valence-electron chi connectivity index (χ4n) is 4.63. The Hall–Kier alpha value is -3.98. The molecule has 1 aliphatic rings. The number of fused-ring (bicyclic) bond motifs is 1. The summed E-state index contributed by atoms with van der Waals surface area (Å²) in [5, 5.41) is 17.3. The largest absolute Gasteiger partial charge is 0.338 e. The van der Waals surface area contributed by atoms with Crippen LogP contribution < -0.4 is 10.6 Å². The first-order valence-electron chi connectivity index (χ1n) is 11.5. The quantitative estimate of drug-likeness (QED) is 0.326. The van der Waals surface area contributed by atoms with Crippen LogP contribution >= 0.6 is 15.9 Å². The van der Waals surface area contributed by atoms with Gasteiger partial charge < -0.3 is 10.6 Å². The lowest BCUT2D eigenvalue weighted by Gasteiger charge is -2.24. The van der Waals surface area contributed by atoms with E-state index < -0.39 is 6.04 Å². The molecule has 1 aliphatic carbocycles. The topological polar surface area (TPSA) is 105 Å². The van der Waals surface area contributed by atoms with Crippen LogP contribution in [0.25, 0.3) is 17.2 Å². The van der Waals surface area contributed by atoms with Gasteiger partial charge in [0.05, 0.1) is 5.69 Å². The molecule has 0 fully saturated rings. The van der Waals surface area contributed by atoms with Gasteiger partial charge in [-0.05, 0) is 60.9 Å². The van der Waals surface area contributed by atoms with E-state index in [2.05, 4.69) is 41.9 Å². The van der Waals surface area contributed by atoms with Crippen LogP contribution in [0.15, 0.2) is 65.3 Å². The standard InChI is InChI=1S/C27H25BrN6O2/c1-15-24(16(2)33-32-15)18-5-9-20(10-6-18)30-27(36)25(31-26(35)23-12-13-29-34(23)3)21-11-7-17-4-8-19(28)14-22(17)21/h4-14,21,25H,1-3H3,(H,30,36)(H,31,35)(H,32,33)/t21-,25+/m1/s1. The number of carbonyl (C=O) groups excluding carboxylic acids is 2. The third-order valence-electron chi connectivity index (χ3n) is 6.44. The molecule has 2 atom stereocenters. The molecule has 5 rings (SSSR count). The van der Waals surface area contributed by atoms with Gasteiger partial charge in [0, 0.05) is 40.6 Å². The highest BCUT2D eigenvalue weighted by Crippen LogP contribution is 2.35. The van der Waals surface area contributed by atoms with Crippen molar-refractivity contribution in [2.24, 2.45) is 7.05 Å². The number of rotatable bonds is 6.